The highest BCUT2D eigenvalue weighted by molar-refractivity contribution is 7.89. The molecule has 0 bridgehead atoms. The van der Waals surface area contributed by atoms with Crippen molar-refractivity contribution in [1.29, 1.82) is 0 Å². The van der Waals surface area contributed by atoms with Crippen LogP contribution in [0.5, 0.6) is 11.5 Å². The summed E-state index contributed by atoms with van der Waals surface area (Å²) in [5, 5.41) is 14.6. The lowest BCUT2D eigenvalue weighted by molar-refractivity contribution is -0.150. The number of sulfonamides is 1. The van der Waals surface area contributed by atoms with Gasteiger partial charge in [-0.25, -0.2) is 22.6 Å². The van der Waals surface area contributed by atoms with Crippen molar-refractivity contribution in [2.45, 2.75) is 82.5 Å². The van der Waals surface area contributed by atoms with E-state index in [9.17, 15) is 27.7 Å². The SMILES string of the molecule is CCOC(=O)[C@H](C)OP(=O)(CN1CC=C(C[C@H](NC(=O)O[C@H]2CO[C@H]3OCC[C@H]32)[C@H](O)CN(CC(C)C)S(=O)(=O)c2ccc(OC)cc2)CC1)Oc1ccccc1. The summed E-state index contributed by atoms with van der Waals surface area (Å²) in [5.74, 6) is -0.0240. The van der Waals surface area contributed by atoms with Crippen molar-refractivity contribution < 1.29 is 60.4 Å². The Labute approximate surface area is 335 Å². The van der Waals surface area contributed by atoms with Crippen LogP contribution in [0.3, 0.4) is 0 Å². The maximum absolute atomic E-state index is 14.2. The number of amides is 1. The van der Waals surface area contributed by atoms with E-state index in [0.717, 1.165) is 5.57 Å². The Balaban J connectivity index is 1.32. The van der Waals surface area contributed by atoms with Crippen LogP contribution in [0.2, 0.25) is 0 Å². The first-order valence-corrected chi connectivity index (χ1v) is 22.5. The Morgan fingerprint density at radius 3 is 2.44 bits per heavy atom. The second-order valence-corrected chi connectivity index (χ2v) is 18.6. The summed E-state index contributed by atoms with van der Waals surface area (Å²) in [4.78, 5) is 27.7. The summed E-state index contributed by atoms with van der Waals surface area (Å²) in [7, 11) is -6.50. The lowest BCUT2D eigenvalue weighted by atomic mass is 9.96. The summed E-state index contributed by atoms with van der Waals surface area (Å²) in [6.45, 7) is 8.24. The van der Waals surface area contributed by atoms with E-state index >= 15 is 0 Å². The summed E-state index contributed by atoms with van der Waals surface area (Å²) in [6.07, 6.45) is -1.13. The van der Waals surface area contributed by atoms with Crippen molar-refractivity contribution in [3.8, 4) is 11.5 Å². The van der Waals surface area contributed by atoms with Gasteiger partial charge in [0.15, 0.2) is 12.4 Å². The number of para-hydroxylation sites is 1. The highest BCUT2D eigenvalue weighted by atomic mass is 32.2. The van der Waals surface area contributed by atoms with E-state index in [1.807, 2.05) is 24.8 Å². The van der Waals surface area contributed by atoms with E-state index in [1.54, 1.807) is 49.4 Å². The third-order valence-electron chi connectivity index (χ3n) is 9.84. The van der Waals surface area contributed by atoms with Gasteiger partial charge in [0.1, 0.15) is 23.9 Å². The van der Waals surface area contributed by atoms with Gasteiger partial charge in [0.25, 0.3) is 0 Å². The molecule has 0 radical (unpaired) electrons. The third kappa shape index (κ3) is 12.5. The number of ether oxygens (including phenoxy) is 5. The second kappa shape index (κ2) is 20.4. The van der Waals surface area contributed by atoms with Crippen LogP contribution in [0.15, 0.2) is 71.1 Å². The number of hydrogen-bond acceptors (Lipinski definition) is 14. The van der Waals surface area contributed by atoms with Crippen molar-refractivity contribution >= 4 is 29.7 Å². The smallest absolute Gasteiger partial charge is 0.407 e. The van der Waals surface area contributed by atoms with Crippen LogP contribution in [-0.4, -0.2) is 125 Å². The molecule has 2 saturated heterocycles. The predicted molar refractivity (Wildman–Crippen MR) is 209 cm³/mol. The Morgan fingerprint density at radius 1 is 1.05 bits per heavy atom. The number of aliphatic hydroxyl groups excluding tert-OH is 1. The molecule has 1 unspecified atom stereocenters. The van der Waals surface area contributed by atoms with Gasteiger partial charge >= 0.3 is 19.7 Å². The average molecular weight is 838 g/mol. The Morgan fingerprint density at radius 2 is 1.79 bits per heavy atom. The van der Waals surface area contributed by atoms with Gasteiger partial charge in [-0.05, 0) is 75.4 Å². The van der Waals surface area contributed by atoms with Gasteiger partial charge in [0.2, 0.25) is 10.0 Å². The molecular formula is C39H56N3O13PS. The van der Waals surface area contributed by atoms with Crippen LogP contribution in [0.25, 0.3) is 0 Å². The first-order valence-electron chi connectivity index (χ1n) is 19.3. The summed E-state index contributed by atoms with van der Waals surface area (Å²) in [6, 6.07) is 13.6. The minimum atomic E-state index is -4.06. The number of alkyl carbamates (subject to hydrolysis) is 1. The van der Waals surface area contributed by atoms with Gasteiger partial charge in [-0.15, -0.1) is 0 Å². The molecule has 2 N–H and O–H groups in total. The molecule has 2 aromatic rings. The van der Waals surface area contributed by atoms with Crippen LogP contribution >= 0.6 is 7.60 Å². The van der Waals surface area contributed by atoms with Crippen LogP contribution in [-0.2, 0) is 42.9 Å². The van der Waals surface area contributed by atoms with Crippen molar-refractivity contribution in [1.82, 2.24) is 14.5 Å². The molecule has 18 heteroatoms. The molecule has 57 heavy (non-hydrogen) atoms. The van der Waals surface area contributed by atoms with Gasteiger partial charge in [-0.3, -0.25) is 9.42 Å². The molecule has 0 aliphatic carbocycles. The predicted octanol–water partition coefficient (Wildman–Crippen LogP) is 4.78. The van der Waals surface area contributed by atoms with Crippen molar-refractivity contribution in [3.05, 3.63) is 66.2 Å². The second-order valence-electron chi connectivity index (χ2n) is 14.7. The molecule has 316 valence electrons. The van der Waals surface area contributed by atoms with Gasteiger partial charge in [-0.1, -0.05) is 43.7 Å². The van der Waals surface area contributed by atoms with E-state index in [-0.39, 0.29) is 55.7 Å². The van der Waals surface area contributed by atoms with E-state index in [4.69, 9.17) is 32.7 Å². The van der Waals surface area contributed by atoms with Crippen LogP contribution in [0.4, 0.5) is 4.79 Å². The first kappa shape index (κ1) is 44.6. The van der Waals surface area contributed by atoms with Crippen LogP contribution in [0.1, 0.15) is 47.0 Å². The molecule has 0 aromatic heterocycles. The van der Waals surface area contributed by atoms with Crippen LogP contribution in [0, 0.1) is 11.8 Å². The number of benzene rings is 2. The summed E-state index contributed by atoms with van der Waals surface area (Å²) >= 11 is 0. The zero-order valence-corrected chi connectivity index (χ0v) is 34.9. The number of rotatable bonds is 20. The largest absolute Gasteiger partial charge is 0.497 e. The molecule has 3 aliphatic rings. The van der Waals surface area contributed by atoms with E-state index in [1.165, 1.54) is 30.5 Å². The molecule has 0 saturated carbocycles. The third-order valence-corrected chi connectivity index (χ3v) is 13.6. The normalized spacial score (nSPS) is 22.5. The molecule has 7 atom stereocenters. The number of esters is 1. The van der Waals surface area contributed by atoms with Crippen molar-refractivity contribution in [2.24, 2.45) is 11.8 Å². The molecule has 2 fully saturated rings. The highest BCUT2D eigenvalue weighted by Gasteiger charge is 2.44. The van der Waals surface area contributed by atoms with Gasteiger partial charge in [0, 0.05) is 26.2 Å². The van der Waals surface area contributed by atoms with Gasteiger partial charge in [-0.2, -0.15) is 4.31 Å². The molecule has 1 amide bonds. The van der Waals surface area contributed by atoms with Gasteiger partial charge in [0.05, 0.1) is 49.9 Å². The minimum Gasteiger partial charge on any atom is -0.497 e. The topological polar surface area (TPSA) is 189 Å². The molecule has 3 heterocycles. The lowest BCUT2D eigenvalue weighted by Gasteiger charge is -2.33. The fourth-order valence-electron chi connectivity index (χ4n) is 6.93. The van der Waals surface area contributed by atoms with E-state index in [2.05, 4.69) is 5.32 Å². The van der Waals surface area contributed by atoms with E-state index < -0.39 is 60.3 Å². The zero-order valence-electron chi connectivity index (χ0n) is 33.2. The number of carbonyl (C=O) groups excluding carboxylic acids is 2. The van der Waals surface area contributed by atoms with Crippen molar-refractivity contribution in [3.63, 3.8) is 0 Å². The number of carbonyl (C=O) groups is 2. The summed E-state index contributed by atoms with van der Waals surface area (Å²) < 4.78 is 82.1. The Kier molecular flexibility index (Phi) is 16.0. The Bertz CT molecular complexity index is 1810. The average Bonchev–Trinajstić information content (AvgIpc) is 3.80. The van der Waals surface area contributed by atoms with Gasteiger partial charge < -0.3 is 38.6 Å². The Hall–Kier alpha value is -3.54. The number of hydrogen-bond donors (Lipinski definition) is 2. The maximum atomic E-state index is 14.2. The standard InChI is InChI=1S/C39H56N3O13PS/c1-6-50-37(44)28(4)54-56(46,55-31-10-8-7-9-11-31)26-41-19-16-29(17-20-41)22-34(40-39(45)53-36-25-52-38-33(36)18-21-51-38)35(43)24-42(23-27(2)3)57(47,48)32-14-12-30(49-5)13-15-32/h7-16,27-28,33-36,38,43H,6,17-26H2,1-5H3,(H,40,45)/t28-,33-,34-,35+,36-,38+,56?/m0/s1. The fraction of sp³-hybridized carbons (Fsp3) is 0.590. The number of aliphatic hydroxyl groups is 1. The zero-order chi connectivity index (χ0) is 41.2. The molecular weight excluding hydrogens is 781 g/mol. The maximum Gasteiger partial charge on any atom is 0.407 e. The highest BCUT2D eigenvalue weighted by Crippen LogP contribution is 2.50. The monoisotopic (exact) mass is 837 g/mol. The first-order chi connectivity index (χ1) is 27.2. The number of nitrogens with zero attached hydrogens (tertiary/aromatic N) is 2. The van der Waals surface area contributed by atoms with Crippen LogP contribution < -0.4 is 14.6 Å². The fourth-order valence-corrected chi connectivity index (χ4v) is 10.5. The molecule has 5 rings (SSSR count). The van der Waals surface area contributed by atoms with Crippen molar-refractivity contribution in [2.75, 3.05) is 59.4 Å². The molecule has 3 aliphatic heterocycles. The number of nitrogens with one attached hydrogen (secondary N) is 1. The summed E-state index contributed by atoms with van der Waals surface area (Å²) in [5.41, 5.74) is 0.872. The molecule has 16 nitrogen and oxygen atoms in total. The quantitative estimate of drug-likeness (QED) is 0.105. The number of methoxy groups -OCH3 is 1. The minimum absolute atomic E-state index is 0.0406. The van der Waals surface area contributed by atoms with E-state index in [0.29, 0.717) is 44.0 Å². The molecule has 0 spiro atoms. The lowest BCUT2D eigenvalue weighted by Crippen LogP contribution is -2.51. The molecule has 2 aromatic carbocycles. The number of fused-ring (bicyclic) bond motifs is 1.